The number of para-hydroxylation sites is 1. The van der Waals surface area contributed by atoms with Gasteiger partial charge in [0.25, 0.3) is 5.91 Å². The van der Waals surface area contributed by atoms with Crippen molar-refractivity contribution in [3.63, 3.8) is 0 Å². The summed E-state index contributed by atoms with van der Waals surface area (Å²) in [6, 6.07) is 19.9. The standard InChI is InChI=1S/C23H19N5O4/c1-2-16-8-10-17(11-9-16)22-20(15-27(26-22)18-6-4-3-5-7-18)23(29)25-24-14-19-12-13-21(32-19)28(30)31/h3-15H,2H2,1H3,(H,25,29). The Morgan fingerprint density at radius 3 is 2.56 bits per heavy atom. The first-order valence-corrected chi connectivity index (χ1v) is 9.87. The lowest BCUT2D eigenvalue weighted by atomic mass is 10.0. The highest BCUT2D eigenvalue weighted by atomic mass is 16.6. The van der Waals surface area contributed by atoms with Gasteiger partial charge in [0.1, 0.15) is 10.6 Å². The van der Waals surface area contributed by atoms with Gasteiger partial charge in [0.05, 0.1) is 23.5 Å². The topological polar surface area (TPSA) is 116 Å². The second-order valence-electron chi connectivity index (χ2n) is 6.85. The van der Waals surface area contributed by atoms with Gasteiger partial charge in [-0.2, -0.15) is 10.2 Å². The molecule has 0 aliphatic carbocycles. The number of hydrogen-bond acceptors (Lipinski definition) is 6. The van der Waals surface area contributed by atoms with Crippen molar-refractivity contribution in [2.75, 3.05) is 0 Å². The van der Waals surface area contributed by atoms with E-state index in [0.29, 0.717) is 11.3 Å². The third-order valence-electron chi connectivity index (χ3n) is 4.77. The molecule has 9 nitrogen and oxygen atoms in total. The average molecular weight is 429 g/mol. The Hall–Kier alpha value is -4.53. The van der Waals surface area contributed by atoms with E-state index in [0.717, 1.165) is 17.7 Å². The molecule has 4 aromatic rings. The predicted molar refractivity (Wildman–Crippen MR) is 119 cm³/mol. The zero-order chi connectivity index (χ0) is 22.5. The molecule has 2 aromatic heterocycles. The molecule has 160 valence electrons. The number of nitrogens with zero attached hydrogens (tertiary/aromatic N) is 4. The lowest BCUT2D eigenvalue weighted by molar-refractivity contribution is -0.402. The third-order valence-corrected chi connectivity index (χ3v) is 4.77. The van der Waals surface area contributed by atoms with Gasteiger partial charge in [0, 0.05) is 11.8 Å². The molecule has 9 heteroatoms. The summed E-state index contributed by atoms with van der Waals surface area (Å²) < 4.78 is 6.63. The molecule has 0 spiro atoms. The number of hydrogen-bond donors (Lipinski definition) is 1. The maximum Gasteiger partial charge on any atom is 0.433 e. The van der Waals surface area contributed by atoms with E-state index in [2.05, 4.69) is 22.5 Å². The van der Waals surface area contributed by atoms with Gasteiger partial charge in [0.15, 0.2) is 5.76 Å². The van der Waals surface area contributed by atoms with Crippen LogP contribution in [0.4, 0.5) is 5.88 Å². The van der Waals surface area contributed by atoms with Gasteiger partial charge in [-0.1, -0.05) is 49.4 Å². The minimum atomic E-state index is -0.649. The van der Waals surface area contributed by atoms with Crippen LogP contribution < -0.4 is 5.43 Å². The molecule has 1 N–H and O–H groups in total. The zero-order valence-corrected chi connectivity index (χ0v) is 17.1. The quantitative estimate of drug-likeness (QED) is 0.266. The number of nitro groups is 1. The van der Waals surface area contributed by atoms with Crippen LogP contribution >= 0.6 is 0 Å². The van der Waals surface area contributed by atoms with Crippen LogP contribution in [0.15, 0.2) is 82.4 Å². The minimum Gasteiger partial charge on any atom is -0.400 e. The van der Waals surface area contributed by atoms with Gasteiger partial charge < -0.3 is 4.42 Å². The molecule has 0 aliphatic rings. The molecule has 0 radical (unpaired) electrons. The maximum atomic E-state index is 12.9. The SMILES string of the molecule is CCc1ccc(-c2nn(-c3ccccc3)cc2C(=O)NN=Cc2ccc([N+](=O)[O-])o2)cc1. The number of aryl methyl sites for hydroxylation is 1. The zero-order valence-electron chi connectivity index (χ0n) is 17.1. The van der Waals surface area contributed by atoms with E-state index >= 15 is 0 Å². The molecular formula is C23H19N5O4. The molecule has 4 rings (SSSR count). The van der Waals surface area contributed by atoms with E-state index in [9.17, 15) is 14.9 Å². The number of rotatable bonds is 7. The largest absolute Gasteiger partial charge is 0.433 e. The lowest BCUT2D eigenvalue weighted by Crippen LogP contribution is -2.17. The van der Waals surface area contributed by atoms with Crippen molar-refractivity contribution >= 4 is 18.0 Å². The van der Waals surface area contributed by atoms with E-state index in [1.54, 1.807) is 10.9 Å². The summed E-state index contributed by atoms with van der Waals surface area (Å²) >= 11 is 0. The van der Waals surface area contributed by atoms with Gasteiger partial charge in [-0.3, -0.25) is 14.9 Å². The molecule has 0 atom stereocenters. The van der Waals surface area contributed by atoms with Crippen LogP contribution in [-0.4, -0.2) is 26.8 Å². The van der Waals surface area contributed by atoms with Gasteiger partial charge in [-0.05, 0) is 30.2 Å². The fraction of sp³-hybridized carbons (Fsp3) is 0.0870. The van der Waals surface area contributed by atoms with Crippen molar-refractivity contribution < 1.29 is 14.1 Å². The van der Waals surface area contributed by atoms with Crippen LogP contribution in [0.1, 0.15) is 28.6 Å². The Bertz CT molecular complexity index is 1270. The smallest absolute Gasteiger partial charge is 0.400 e. The highest BCUT2D eigenvalue weighted by Gasteiger charge is 2.19. The van der Waals surface area contributed by atoms with E-state index < -0.39 is 16.7 Å². The van der Waals surface area contributed by atoms with E-state index in [1.165, 1.54) is 23.9 Å². The summed E-state index contributed by atoms with van der Waals surface area (Å²) in [6.45, 7) is 2.07. The second-order valence-corrected chi connectivity index (χ2v) is 6.85. The van der Waals surface area contributed by atoms with Gasteiger partial charge in [-0.15, -0.1) is 0 Å². The molecule has 32 heavy (non-hydrogen) atoms. The molecular weight excluding hydrogens is 410 g/mol. The number of carbonyl (C=O) groups is 1. The van der Waals surface area contributed by atoms with Gasteiger partial charge in [0.2, 0.25) is 0 Å². The molecule has 0 saturated carbocycles. The monoisotopic (exact) mass is 429 g/mol. The molecule has 2 heterocycles. The molecule has 1 amide bonds. The summed E-state index contributed by atoms with van der Waals surface area (Å²) in [7, 11) is 0. The van der Waals surface area contributed by atoms with Crippen molar-refractivity contribution in [1.82, 2.24) is 15.2 Å². The molecule has 2 aromatic carbocycles. The molecule has 0 aliphatic heterocycles. The number of benzene rings is 2. The number of aromatic nitrogens is 2. The summed E-state index contributed by atoms with van der Waals surface area (Å²) in [5.41, 5.74) is 6.06. The fourth-order valence-corrected chi connectivity index (χ4v) is 3.09. The maximum absolute atomic E-state index is 12.9. The van der Waals surface area contributed by atoms with Gasteiger partial charge in [-0.25, -0.2) is 10.1 Å². The van der Waals surface area contributed by atoms with Crippen LogP contribution in [0.5, 0.6) is 0 Å². The van der Waals surface area contributed by atoms with Crippen LogP contribution in [0.2, 0.25) is 0 Å². The highest BCUT2D eigenvalue weighted by molar-refractivity contribution is 6.00. The van der Waals surface area contributed by atoms with Crippen molar-refractivity contribution in [1.29, 1.82) is 0 Å². The third kappa shape index (κ3) is 4.46. The van der Waals surface area contributed by atoms with E-state index in [4.69, 9.17) is 4.42 Å². The van der Waals surface area contributed by atoms with E-state index in [-0.39, 0.29) is 5.76 Å². The normalized spacial score (nSPS) is 11.0. The van der Waals surface area contributed by atoms with Gasteiger partial charge >= 0.3 is 5.88 Å². The average Bonchev–Trinajstić information content (AvgIpc) is 3.48. The number of carbonyl (C=O) groups excluding carboxylic acids is 1. The summed E-state index contributed by atoms with van der Waals surface area (Å²) in [5.74, 6) is -0.730. The number of hydrazone groups is 1. The lowest BCUT2D eigenvalue weighted by Gasteiger charge is -2.03. The first kappa shape index (κ1) is 20.7. The molecule has 0 bridgehead atoms. The molecule has 0 unspecified atom stereocenters. The first-order valence-electron chi connectivity index (χ1n) is 9.87. The van der Waals surface area contributed by atoms with Crippen molar-refractivity contribution in [2.45, 2.75) is 13.3 Å². The van der Waals surface area contributed by atoms with Crippen molar-refractivity contribution in [3.8, 4) is 16.9 Å². The van der Waals surface area contributed by atoms with Crippen LogP contribution in [-0.2, 0) is 6.42 Å². The summed E-state index contributed by atoms with van der Waals surface area (Å²) in [6.07, 6.45) is 3.74. The first-order chi connectivity index (χ1) is 15.5. The highest BCUT2D eigenvalue weighted by Crippen LogP contribution is 2.24. The molecule has 0 fully saturated rings. The number of furan rings is 1. The van der Waals surface area contributed by atoms with Crippen molar-refractivity contribution in [2.24, 2.45) is 5.10 Å². The van der Waals surface area contributed by atoms with Crippen LogP contribution in [0.25, 0.3) is 16.9 Å². The fourth-order valence-electron chi connectivity index (χ4n) is 3.09. The molecule has 0 saturated heterocycles. The van der Waals surface area contributed by atoms with Crippen molar-refractivity contribution in [3.05, 3.63) is 99.9 Å². The Kier molecular flexibility index (Phi) is 5.89. The minimum absolute atomic E-state index is 0.146. The summed E-state index contributed by atoms with van der Waals surface area (Å²) in [5, 5.41) is 19.2. The number of amides is 1. The Morgan fingerprint density at radius 2 is 1.91 bits per heavy atom. The van der Waals surface area contributed by atoms with Crippen LogP contribution in [0.3, 0.4) is 0 Å². The predicted octanol–water partition coefficient (Wildman–Crippen LogP) is 4.37. The van der Waals surface area contributed by atoms with Crippen LogP contribution in [0, 0.1) is 10.1 Å². The summed E-state index contributed by atoms with van der Waals surface area (Å²) in [4.78, 5) is 22.9. The van der Waals surface area contributed by atoms with E-state index in [1.807, 2.05) is 54.6 Å². The Morgan fingerprint density at radius 1 is 1.16 bits per heavy atom. The second kappa shape index (κ2) is 9.09. The Balaban J connectivity index is 1.62. The number of nitrogens with one attached hydrogen (secondary N) is 1. The Labute approximate surface area is 183 Å².